The zero-order chi connectivity index (χ0) is 22.0. The molecule has 0 bridgehead atoms. The van der Waals surface area contributed by atoms with Crippen LogP contribution >= 0.6 is 0 Å². The van der Waals surface area contributed by atoms with Crippen LogP contribution in [0.15, 0.2) is 51.9 Å². The van der Waals surface area contributed by atoms with Crippen LogP contribution in [0.25, 0.3) is 11.5 Å². The lowest BCUT2D eigenvalue weighted by Gasteiger charge is -2.29. The van der Waals surface area contributed by atoms with Crippen molar-refractivity contribution in [3.05, 3.63) is 53.9 Å². The third kappa shape index (κ3) is 4.28. The molecule has 0 amide bonds. The third-order valence-corrected chi connectivity index (χ3v) is 7.45. The molecule has 164 valence electrons. The number of methoxy groups -OCH3 is 2. The Labute approximate surface area is 181 Å². The van der Waals surface area contributed by atoms with Crippen LogP contribution in [0, 0.1) is 6.92 Å². The molecule has 0 atom stereocenters. The van der Waals surface area contributed by atoms with Gasteiger partial charge in [-0.1, -0.05) is 22.9 Å². The molecule has 31 heavy (non-hydrogen) atoms. The van der Waals surface area contributed by atoms with Gasteiger partial charge in [0.25, 0.3) is 5.89 Å². The van der Waals surface area contributed by atoms with Crippen LogP contribution in [-0.4, -0.2) is 50.2 Å². The number of nitrogens with zero attached hydrogens (tertiary/aromatic N) is 3. The average molecular weight is 444 g/mol. The van der Waals surface area contributed by atoms with Crippen LogP contribution in [0.3, 0.4) is 0 Å². The Morgan fingerprint density at radius 2 is 1.68 bits per heavy atom. The van der Waals surface area contributed by atoms with Crippen molar-refractivity contribution in [2.45, 2.75) is 30.6 Å². The molecule has 0 N–H and O–H groups in total. The number of piperidine rings is 1. The minimum atomic E-state index is -3.63. The lowest BCUT2D eigenvalue weighted by Crippen LogP contribution is -2.38. The van der Waals surface area contributed by atoms with Crippen LogP contribution in [0.5, 0.6) is 11.5 Å². The van der Waals surface area contributed by atoms with Gasteiger partial charge in [0, 0.05) is 30.6 Å². The standard InChI is InChI=1S/C22H25N3O5S/c1-15-4-6-17(7-5-15)22-23-21(24-30-22)16-10-12-25(13-11-16)31(26,27)18-8-9-19(28-2)20(14-18)29-3/h4-9,14,16H,10-13H2,1-3H3. The van der Waals surface area contributed by atoms with Crippen molar-refractivity contribution in [3.63, 3.8) is 0 Å². The Hall–Kier alpha value is -2.91. The van der Waals surface area contributed by atoms with Gasteiger partial charge in [0.2, 0.25) is 10.0 Å². The fourth-order valence-electron chi connectivity index (χ4n) is 3.69. The van der Waals surface area contributed by atoms with Gasteiger partial charge in [-0.15, -0.1) is 0 Å². The molecule has 1 aromatic heterocycles. The number of hydrogen-bond acceptors (Lipinski definition) is 7. The van der Waals surface area contributed by atoms with E-state index in [0.29, 0.717) is 49.1 Å². The molecule has 8 nitrogen and oxygen atoms in total. The Morgan fingerprint density at radius 1 is 1.00 bits per heavy atom. The van der Waals surface area contributed by atoms with Crippen LogP contribution in [0.2, 0.25) is 0 Å². The maximum absolute atomic E-state index is 13.1. The Bertz CT molecular complexity index is 1150. The van der Waals surface area contributed by atoms with Gasteiger partial charge in [0.15, 0.2) is 17.3 Å². The molecule has 0 unspecified atom stereocenters. The van der Waals surface area contributed by atoms with Crippen molar-refractivity contribution in [2.24, 2.45) is 0 Å². The van der Waals surface area contributed by atoms with Crippen LogP contribution < -0.4 is 9.47 Å². The number of hydrogen-bond donors (Lipinski definition) is 0. The summed E-state index contributed by atoms with van der Waals surface area (Å²) in [5.74, 6) is 2.03. The summed E-state index contributed by atoms with van der Waals surface area (Å²) in [6.45, 7) is 2.79. The van der Waals surface area contributed by atoms with E-state index >= 15 is 0 Å². The molecular weight excluding hydrogens is 418 g/mol. The molecular formula is C22H25N3O5S. The first-order valence-electron chi connectivity index (χ1n) is 10.0. The highest BCUT2D eigenvalue weighted by Gasteiger charge is 2.32. The van der Waals surface area contributed by atoms with E-state index in [1.54, 1.807) is 6.07 Å². The molecule has 0 radical (unpaired) electrons. The molecule has 9 heteroatoms. The van der Waals surface area contributed by atoms with Gasteiger partial charge in [-0.05, 0) is 44.0 Å². The molecule has 0 spiro atoms. The van der Waals surface area contributed by atoms with Crippen molar-refractivity contribution < 1.29 is 22.4 Å². The van der Waals surface area contributed by atoms with E-state index in [1.165, 1.54) is 30.7 Å². The van der Waals surface area contributed by atoms with Crippen LogP contribution in [-0.2, 0) is 10.0 Å². The Kier molecular flexibility index (Phi) is 5.97. The summed E-state index contributed by atoms with van der Waals surface area (Å²) < 4.78 is 43.6. The first-order valence-corrected chi connectivity index (χ1v) is 11.5. The van der Waals surface area contributed by atoms with Crippen molar-refractivity contribution in [1.29, 1.82) is 0 Å². The molecule has 1 aliphatic heterocycles. The van der Waals surface area contributed by atoms with Crippen LogP contribution in [0.4, 0.5) is 0 Å². The third-order valence-electron chi connectivity index (χ3n) is 5.55. The van der Waals surface area contributed by atoms with Gasteiger partial charge >= 0.3 is 0 Å². The smallest absolute Gasteiger partial charge is 0.257 e. The normalized spacial score (nSPS) is 15.7. The van der Waals surface area contributed by atoms with Gasteiger partial charge in [-0.25, -0.2) is 8.42 Å². The zero-order valence-corrected chi connectivity index (χ0v) is 18.6. The number of sulfonamides is 1. The largest absolute Gasteiger partial charge is 0.493 e. The summed E-state index contributed by atoms with van der Waals surface area (Å²) >= 11 is 0. The minimum Gasteiger partial charge on any atom is -0.493 e. The Morgan fingerprint density at radius 3 is 2.32 bits per heavy atom. The summed E-state index contributed by atoms with van der Waals surface area (Å²) in [4.78, 5) is 4.73. The van der Waals surface area contributed by atoms with Gasteiger partial charge in [0.1, 0.15) is 0 Å². The van der Waals surface area contributed by atoms with Crippen molar-refractivity contribution in [1.82, 2.24) is 14.4 Å². The predicted molar refractivity (Wildman–Crippen MR) is 115 cm³/mol. The summed E-state index contributed by atoms with van der Waals surface area (Å²) in [6, 6.07) is 12.5. The molecule has 3 aromatic rings. The quantitative estimate of drug-likeness (QED) is 0.574. The summed E-state index contributed by atoms with van der Waals surface area (Å²) in [7, 11) is -0.639. The molecule has 0 saturated carbocycles. The first-order chi connectivity index (χ1) is 14.9. The lowest BCUT2D eigenvalue weighted by atomic mass is 9.97. The minimum absolute atomic E-state index is 0.0554. The van der Waals surface area contributed by atoms with E-state index in [-0.39, 0.29) is 10.8 Å². The van der Waals surface area contributed by atoms with E-state index in [0.717, 1.165) is 11.1 Å². The van der Waals surface area contributed by atoms with Crippen molar-refractivity contribution >= 4 is 10.0 Å². The zero-order valence-electron chi connectivity index (χ0n) is 17.7. The first kappa shape index (κ1) is 21.3. The number of aromatic nitrogens is 2. The molecule has 1 fully saturated rings. The van der Waals surface area contributed by atoms with Gasteiger partial charge in [-0.2, -0.15) is 9.29 Å². The fourth-order valence-corrected chi connectivity index (χ4v) is 5.18. The molecule has 4 rings (SSSR count). The lowest BCUT2D eigenvalue weighted by molar-refractivity contribution is 0.306. The summed E-state index contributed by atoms with van der Waals surface area (Å²) in [6.07, 6.45) is 1.25. The molecule has 1 aliphatic rings. The number of aryl methyl sites for hydroxylation is 1. The van der Waals surface area contributed by atoms with E-state index in [9.17, 15) is 8.42 Å². The van der Waals surface area contributed by atoms with Crippen molar-refractivity contribution in [3.8, 4) is 23.0 Å². The monoisotopic (exact) mass is 443 g/mol. The maximum atomic E-state index is 13.1. The second-order valence-electron chi connectivity index (χ2n) is 7.52. The summed E-state index contributed by atoms with van der Waals surface area (Å²) in [5, 5.41) is 4.14. The molecule has 2 heterocycles. The second-order valence-corrected chi connectivity index (χ2v) is 9.46. The van der Waals surface area contributed by atoms with Gasteiger partial charge in [0.05, 0.1) is 19.1 Å². The van der Waals surface area contributed by atoms with Gasteiger partial charge < -0.3 is 14.0 Å². The van der Waals surface area contributed by atoms with E-state index < -0.39 is 10.0 Å². The van der Waals surface area contributed by atoms with E-state index in [1.807, 2.05) is 31.2 Å². The SMILES string of the molecule is COc1ccc(S(=O)(=O)N2CCC(c3noc(-c4ccc(C)cc4)n3)CC2)cc1OC. The highest BCUT2D eigenvalue weighted by atomic mass is 32.2. The molecule has 2 aromatic carbocycles. The predicted octanol–water partition coefficient (Wildman–Crippen LogP) is 3.63. The highest BCUT2D eigenvalue weighted by Crippen LogP contribution is 2.34. The fraction of sp³-hybridized carbons (Fsp3) is 0.364. The van der Waals surface area contributed by atoms with E-state index in [4.69, 9.17) is 14.0 Å². The maximum Gasteiger partial charge on any atom is 0.257 e. The number of ether oxygens (including phenoxy) is 2. The number of benzene rings is 2. The average Bonchev–Trinajstić information content (AvgIpc) is 3.29. The van der Waals surface area contributed by atoms with Crippen LogP contribution in [0.1, 0.15) is 30.1 Å². The topological polar surface area (TPSA) is 94.8 Å². The van der Waals surface area contributed by atoms with Crippen molar-refractivity contribution in [2.75, 3.05) is 27.3 Å². The molecule has 0 aliphatic carbocycles. The Balaban J connectivity index is 1.45. The van der Waals surface area contributed by atoms with E-state index in [2.05, 4.69) is 10.1 Å². The summed E-state index contributed by atoms with van der Waals surface area (Å²) in [5.41, 5.74) is 2.03. The molecule has 1 saturated heterocycles. The van der Waals surface area contributed by atoms with Gasteiger partial charge in [-0.3, -0.25) is 0 Å². The highest BCUT2D eigenvalue weighted by molar-refractivity contribution is 7.89. The second kappa shape index (κ2) is 8.68. The number of rotatable bonds is 6.